The number of piperazine rings is 1. The first-order chi connectivity index (χ1) is 23.2. The Labute approximate surface area is 288 Å². The van der Waals surface area contributed by atoms with Gasteiger partial charge < -0.3 is 25.2 Å². The molecule has 0 unspecified atom stereocenters. The van der Waals surface area contributed by atoms with Crippen molar-refractivity contribution in [1.82, 2.24) is 29.7 Å². The lowest BCUT2D eigenvalue weighted by Crippen LogP contribution is -2.52. The van der Waals surface area contributed by atoms with Gasteiger partial charge in [0.25, 0.3) is 0 Å². The van der Waals surface area contributed by atoms with E-state index in [-0.39, 0.29) is 0 Å². The van der Waals surface area contributed by atoms with Gasteiger partial charge in [-0.25, -0.2) is 19.3 Å². The highest BCUT2D eigenvalue weighted by atomic mass is 35.5. The number of nitrogens with zero attached hydrogens (tertiary/aromatic N) is 7. The topological polar surface area (TPSA) is 94.6 Å². The number of hydrogen-bond donors (Lipinski definition) is 2. The second-order valence-electron chi connectivity index (χ2n) is 12.6. The van der Waals surface area contributed by atoms with Gasteiger partial charge in [-0.05, 0) is 74.8 Å². The van der Waals surface area contributed by atoms with E-state index in [4.69, 9.17) is 21.3 Å². The number of hydrogen-bond acceptors (Lipinski definition) is 10. The summed E-state index contributed by atoms with van der Waals surface area (Å²) in [5.41, 5.74) is 4.96. The normalized spacial score (nSPS) is 16.4. The summed E-state index contributed by atoms with van der Waals surface area (Å²) in [5.74, 6) is 1.61. The number of piperidine rings is 1. The standard InChI is InChI=1S/C35H44ClFN9OP/c1-6-23-17-29(31(47-3)19-30(23)46-11-9-26(10-12-46)45-15-13-44(2)14-16-45)42-35-40-22-27(36)34(43-35)41-28-8-7-24(18-32(28)48(4)5)33-38-20-25(37)21-39-33/h7-8,17-22,26H,6,9-16H2,1-5H3,(H2,40,41,42,43). The number of halogens is 2. The summed E-state index contributed by atoms with van der Waals surface area (Å²) in [6.45, 7) is 13.2. The molecule has 2 fully saturated rings. The van der Waals surface area contributed by atoms with Crippen molar-refractivity contribution in [2.24, 2.45) is 0 Å². The molecule has 2 aliphatic heterocycles. The van der Waals surface area contributed by atoms with Crippen molar-refractivity contribution in [3.8, 4) is 17.1 Å². The number of nitrogens with one attached hydrogen (secondary N) is 2. The van der Waals surface area contributed by atoms with Crippen molar-refractivity contribution in [2.75, 3.05) is 82.3 Å². The van der Waals surface area contributed by atoms with Gasteiger partial charge in [0.2, 0.25) is 5.95 Å². The zero-order chi connectivity index (χ0) is 33.8. The Morgan fingerprint density at radius 2 is 1.67 bits per heavy atom. The third-order valence-corrected chi connectivity index (χ3v) is 10.9. The Kier molecular flexibility index (Phi) is 10.9. The Morgan fingerprint density at radius 3 is 2.33 bits per heavy atom. The van der Waals surface area contributed by atoms with Crippen molar-refractivity contribution < 1.29 is 9.13 Å². The first-order valence-corrected chi connectivity index (χ1v) is 19.1. The van der Waals surface area contributed by atoms with Crippen molar-refractivity contribution >= 4 is 53.7 Å². The molecule has 2 aliphatic rings. The number of aryl methyl sites for hydroxylation is 1. The molecule has 6 rings (SSSR count). The first kappa shape index (κ1) is 34.2. The second kappa shape index (κ2) is 15.3. The van der Waals surface area contributed by atoms with Crippen LogP contribution in [-0.2, 0) is 6.42 Å². The van der Waals surface area contributed by atoms with E-state index in [0.717, 1.165) is 60.6 Å². The second-order valence-corrected chi connectivity index (χ2v) is 15.3. The van der Waals surface area contributed by atoms with E-state index in [9.17, 15) is 4.39 Å². The molecule has 0 radical (unpaired) electrons. The summed E-state index contributed by atoms with van der Waals surface area (Å²) in [6.07, 6.45) is 7.17. The molecule has 13 heteroatoms. The van der Waals surface area contributed by atoms with Gasteiger partial charge in [0, 0.05) is 68.3 Å². The van der Waals surface area contributed by atoms with Gasteiger partial charge in [0.05, 0.1) is 31.4 Å². The van der Waals surface area contributed by atoms with Crippen molar-refractivity contribution in [3.05, 3.63) is 65.3 Å². The minimum absolute atomic E-state index is 0.394. The van der Waals surface area contributed by atoms with Gasteiger partial charge in [-0.3, -0.25) is 4.90 Å². The van der Waals surface area contributed by atoms with E-state index in [1.165, 1.54) is 49.6 Å². The molecule has 0 spiro atoms. The van der Waals surface area contributed by atoms with Crippen LogP contribution in [0, 0.1) is 5.82 Å². The van der Waals surface area contributed by atoms with E-state index in [1.54, 1.807) is 13.3 Å². The monoisotopic (exact) mass is 691 g/mol. The summed E-state index contributed by atoms with van der Waals surface area (Å²) >= 11 is 6.60. The predicted molar refractivity (Wildman–Crippen MR) is 196 cm³/mol. The Morgan fingerprint density at radius 1 is 0.938 bits per heavy atom. The maximum atomic E-state index is 13.4. The molecule has 0 saturated carbocycles. The van der Waals surface area contributed by atoms with Gasteiger partial charge in [-0.15, -0.1) is 0 Å². The number of ether oxygens (including phenoxy) is 1. The van der Waals surface area contributed by atoms with Crippen molar-refractivity contribution in [2.45, 2.75) is 32.2 Å². The molecule has 0 bridgehead atoms. The third kappa shape index (κ3) is 7.81. The third-order valence-electron chi connectivity index (χ3n) is 9.24. The number of methoxy groups -OCH3 is 1. The van der Waals surface area contributed by atoms with Crippen LogP contribution in [0.15, 0.2) is 48.9 Å². The van der Waals surface area contributed by atoms with Gasteiger partial charge in [-0.2, -0.15) is 4.98 Å². The molecule has 4 heterocycles. The van der Waals surface area contributed by atoms with Crippen LogP contribution in [0.25, 0.3) is 11.4 Å². The highest BCUT2D eigenvalue weighted by Gasteiger charge is 2.28. The minimum Gasteiger partial charge on any atom is -0.494 e. The lowest BCUT2D eigenvalue weighted by atomic mass is 9.99. The van der Waals surface area contributed by atoms with Crippen LogP contribution in [0.4, 0.5) is 33.2 Å². The molecule has 2 aromatic carbocycles. The van der Waals surface area contributed by atoms with Gasteiger partial charge in [0.15, 0.2) is 17.5 Å². The molecule has 0 aliphatic carbocycles. The maximum absolute atomic E-state index is 13.4. The fourth-order valence-corrected chi connectivity index (χ4v) is 7.64. The predicted octanol–water partition coefficient (Wildman–Crippen LogP) is 6.37. The van der Waals surface area contributed by atoms with E-state index in [1.807, 2.05) is 18.2 Å². The lowest BCUT2D eigenvalue weighted by Gasteiger charge is -2.43. The first-order valence-electron chi connectivity index (χ1n) is 16.5. The largest absolute Gasteiger partial charge is 0.494 e. The summed E-state index contributed by atoms with van der Waals surface area (Å²) in [4.78, 5) is 25.1. The highest BCUT2D eigenvalue weighted by molar-refractivity contribution is 7.64. The molecule has 4 aromatic rings. The van der Waals surface area contributed by atoms with Gasteiger partial charge >= 0.3 is 0 Å². The zero-order valence-electron chi connectivity index (χ0n) is 28.3. The Balaban J connectivity index is 1.19. The average Bonchev–Trinajstić information content (AvgIpc) is 3.10. The van der Waals surface area contributed by atoms with E-state index in [0.29, 0.717) is 28.7 Å². The van der Waals surface area contributed by atoms with Crippen molar-refractivity contribution in [1.29, 1.82) is 0 Å². The molecule has 0 amide bonds. The van der Waals surface area contributed by atoms with E-state index < -0.39 is 13.7 Å². The SMILES string of the molecule is CCc1cc(Nc2ncc(Cl)c(Nc3ccc(-c4ncc(F)cn4)cc3P(C)C)n2)c(OC)cc1N1CCC(N2CCN(C)CC2)CC1. The van der Waals surface area contributed by atoms with Crippen LogP contribution >= 0.6 is 19.5 Å². The quantitative estimate of drug-likeness (QED) is 0.183. The van der Waals surface area contributed by atoms with Crippen LogP contribution in [0.2, 0.25) is 5.02 Å². The minimum atomic E-state index is -0.530. The molecular weight excluding hydrogens is 648 g/mol. The fourth-order valence-electron chi connectivity index (χ4n) is 6.49. The molecule has 2 aromatic heterocycles. The Bertz CT molecular complexity index is 1710. The van der Waals surface area contributed by atoms with Gasteiger partial charge in [-0.1, -0.05) is 26.4 Å². The van der Waals surface area contributed by atoms with Crippen LogP contribution in [-0.4, -0.2) is 103 Å². The molecule has 2 saturated heterocycles. The number of rotatable bonds is 10. The summed E-state index contributed by atoms with van der Waals surface area (Å²) < 4.78 is 19.3. The molecule has 2 N–H and O–H groups in total. The summed E-state index contributed by atoms with van der Waals surface area (Å²) in [5, 5.41) is 8.28. The maximum Gasteiger partial charge on any atom is 0.229 e. The van der Waals surface area contributed by atoms with Crippen LogP contribution in [0.5, 0.6) is 5.75 Å². The molecule has 254 valence electrons. The van der Waals surface area contributed by atoms with E-state index in [2.05, 4.69) is 79.7 Å². The molecule has 10 nitrogen and oxygen atoms in total. The van der Waals surface area contributed by atoms with Crippen LogP contribution < -0.4 is 25.6 Å². The number of aromatic nitrogens is 4. The number of likely N-dealkylation sites (N-methyl/N-ethyl adjacent to an activating group) is 1. The van der Waals surface area contributed by atoms with E-state index >= 15 is 0 Å². The van der Waals surface area contributed by atoms with Crippen LogP contribution in [0.1, 0.15) is 25.3 Å². The molecular formula is C35H44ClFN9OP. The average molecular weight is 692 g/mol. The van der Waals surface area contributed by atoms with Crippen molar-refractivity contribution in [3.63, 3.8) is 0 Å². The number of anilines is 5. The molecule has 0 atom stereocenters. The van der Waals surface area contributed by atoms with Gasteiger partial charge in [0.1, 0.15) is 10.8 Å². The summed E-state index contributed by atoms with van der Waals surface area (Å²) in [6, 6.07) is 10.8. The highest BCUT2D eigenvalue weighted by Crippen LogP contribution is 2.38. The smallest absolute Gasteiger partial charge is 0.229 e. The zero-order valence-corrected chi connectivity index (χ0v) is 30.0. The number of benzene rings is 2. The van der Waals surface area contributed by atoms with Crippen LogP contribution in [0.3, 0.4) is 0 Å². The molecule has 48 heavy (non-hydrogen) atoms. The summed E-state index contributed by atoms with van der Waals surface area (Å²) in [7, 11) is 3.38. The fraction of sp³-hybridized carbons (Fsp3) is 0.429. The lowest BCUT2D eigenvalue weighted by molar-refractivity contribution is 0.0982. The Hall–Kier alpha value is -3.63.